The minimum absolute atomic E-state index is 0.0700. The van der Waals surface area contributed by atoms with E-state index in [4.69, 9.17) is 5.84 Å². The average molecular weight is 291 g/mol. The number of aromatic nitrogens is 4. The van der Waals surface area contributed by atoms with Gasteiger partial charge in [-0.2, -0.15) is 5.10 Å². The van der Waals surface area contributed by atoms with Gasteiger partial charge in [-0.1, -0.05) is 0 Å². The molecule has 3 aromatic rings. The summed E-state index contributed by atoms with van der Waals surface area (Å²) in [5.41, 5.74) is 2.45. The van der Waals surface area contributed by atoms with E-state index in [0.717, 1.165) is 10.2 Å². The number of nitrogens with one attached hydrogen (secondary N) is 1. The maximum atomic E-state index is 10.6. The number of hydrogen-bond donors (Lipinski definition) is 2. The Kier molecular flexibility index (Phi) is 3.00. The lowest BCUT2D eigenvalue weighted by Crippen LogP contribution is -2.12. The molecule has 0 radical (unpaired) electrons. The van der Waals surface area contributed by atoms with E-state index in [1.165, 1.54) is 28.4 Å². The number of thiophene rings is 1. The first-order valence-electron chi connectivity index (χ1n) is 5.55. The maximum Gasteiger partial charge on any atom is 0.307 e. The Balaban J connectivity index is 1.95. The highest BCUT2D eigenvalue weighted by Crippen LogP contribution is 2.24. The number of fused-ring (bicyclic) bond motifs is 1. The lowest BCUT2D eigenvalue weighted by atomic mass is 10.4. The van der Waals surface area contributed by atoms with Crippen molar-refractivity contribution >= 4 is 33.1 Å². The summed E-state index contributed by atoms with van der Waals surface area (Å²) in [6, 6.07) is 1.87. The molecule has 0 saturated carbocycles. The quantitative estimate of drug-likeness (QED) is 0.419. The molecular formula is C10H9N7O2S. The summed E-state index contributed by atoms with van der Waals surface area (Å²) >= 11 is 1.47. The van der Waals surface area contributed by atoms with Gasteiger partial charge in [0.2, 0.25) is 0 Å². The molecule has 0 atom stereocenters. The van der Waals surface area contributed by atoms with Crippen molar-refractivity contribution < 1.29 is 4.92 Å². The van der Waals surface area contributed by atoms with Crippen molar-refractivity contribution in [1.82, 2.24) is 19.7 Å². The second-order valence-corrected chi connectivity index (χ2v) is 4.82. The highest BCUT2D eigenvalue weighted by Gasteiger charge is 2.12. The molecule has 20 heavy (non-hydrogen) atoms. The zero-order valence-corrected chi connectivity index (χ0v) is 10.9. The van der Waals surface area contributed by atoms with Crippen molar-refractivity contribution in [3.63, 3.8) is 0 Å². The molecule has 0 saturated heterocycles. The smallest absolute Gasteiger partial charge is 0.307 e. The highest BCUT2D eigenvalue weighted by molar-refractivity contribution is 7.16. The fourth-order valence-electron chi connectivity index (χ4n) is 1.76. The largest absolute Gasteiger partial charge is 0.308 e. The third-order valence-corrected chi connectivity index (χ3v) is 3.45. The monoisotopic (exact) mass is 291 g/mol. The van der Waals surface area contributed by atoms with Crippen molar-refractivity contribution in [2.45, 2.75) is 6.54 Å². The van der Waals surface area contributed by atoms with Crippen molar-refractivity contribution in [3.05, 3.63) is 39.8 Å². The molecule has 0 aliphatic carbocycles. The zero-order chi connectivity index (χ0) is 14.1. The molecule has 0 unspecified atom stereocenters. The fourth-order valence-corrected chi connectivity index (χ4v) is 2.54. The second kappa shape index (κ2) is 4.83. The van der Waals surface area contributed by atoms with Gasteiger partial charge in [-0.15, -0.1) is 11.3 Å². The molecule has 3 N–H and O–H groups in total. The molecule has 102 valence electrons. The van der Waals surface area contributed by atoms with Crippen LogP contribution >= 0.6 is 11.3 Å². The lowest BCUT2D eigenvalue weighted by Gasteiger charge is -2.05. The number of nitrogen functional groups attached to an aromatic ring is 1. The Hall–Kier alpha value is -2.59. The number of nitrogens with two attached hydrogens (primary N) is 1. The van der Waals surface area contributed by atoms with E-state index in [9.17, 15) is 10.1 Å². The van der Waals surface area contributed by atoms with E-state index >= 15 is 0 Å². The van der Waals surface area contributed by atoms with Crippen LogP contribution in [0.2, 0.25) is 0 Å². The van der Waals surface area contributed by atoms with E-state index in [-0.39, 0.29) is 12.2 Å². The summed E-state index contributed by atoms with van der Waals surface area (Å²) in [7, 11) is 0. The van der Waals surface area contributed by atoms with Crippen LogP contribution in [0.5, 0.6) is 0 Å². The predicted molar refractivity (Wildman–Crippen MR) is 73.2 cm³/mol. The minimum atomic E-state index is -0.500. The molecule has 3 heterocycles. The molecule has 0 aromatic carbocycles. The number of hydrogen-bond acceptors (Lipinski definition) is 8. The Morgan fingerprint density at radius 1 is 1.50 bits per heavy atom. The molecule has 3 aromatic heterocycles. The molecule has 0 bridgehead atoms. The van der Waals surface area contributed by atoms with Crippen LogP contribution in [0.15, 0.2) is 23.8 Å². The van der Waals surface area contributed by atoms with Gasteiger partial charge in [0, 0.05) is 0 Å². The normalized spacial score (nSPS) is 10.8. The summed E-state index contributed by atoms with van der Waals surface area (Å²) in [5, 5.41) is 17.2. The first-order chi connectivity index (χ1) is 9.67. The topological polar surface area (TPSA) is 125 Å². The maximum absolute atomic E-state index is 10.6. The van der Waals surface area contributed by atoms with Crippen LogP contribution in [-0.4, -0.2) is 24.7 Å². The number of hydrazine groups is 1. The van der Waals surface area contributed by atoms with Crippen LogP contribution in [0.3, 0.4) is 0 Å². The standard InChI is InChI=1S/C10H9N7O2S/c11-15-9-7-1-2-20-10(7)14-8(13-9)5-16-4-6(3-12-16)17(18)19/h1-4H,5,11H2,(H,13,14,15). The Morgan fingerprint density at radius 2 is 2.35 bits per heavy atom. The molecular weight excluding hydrogens is 282 g/mol. The van der Waals surface area contributed by atoms with E-state index in [0.29, 0.717) is 11.6 Å². The Morgan fingerprint density at radius 3 is 3.05 bits per heavy atom. The van der Waals surface area contributed by atoms with Crippen molar-refractivity contribution in [3.8, 4) is 0 Å². The molecule has 9 nitrogen and oxygen atoms in total. The van der Waals surface area contributed by atoms with Gasteiger partial charge in [-0.05, 0) is 11.4 Å². The highest BCUT2D eigenvalue weighted by atomic mass is 32.1. The molecule has 0 aliphatic heterocycles. The van der Waals surface area contributed by atoms with Crippen molar-refractivity contribution in [2.24, 2.45) is 5.84 Å². The second-order valence-electron chi connectivity index (χ2n) is 3.93. The molecule has 0 amide bonds. The van der Waals surface area contributed by atoms with Crippen LogP contribution in [0, 0.1) is 10.1 Å². The van der Waals surface area contributed by atoms with Gasteiger partial charge in [-0.25, -0.2) is 15.8 Å². The summed E-state index contributed by atoms with van der Waals surface area (Å²) < 4.78 is 1.41. The number of nitro groups is 1. The van der Waals surface area contributed by atoms with Crippen LogP contribution in [-0.2, 0) is 6.54 Å². The number of anilines is 1. The van der Waals surface area contributed by atoms with Gasteiger partial charge < -0.3 is 5.43 Å². The van der Waals surface area contributed by atoms with E-state index in [1.807, 2.05) is 11.4 Å². The predicted octanol–water partition coefficient (Wildman–Crippen LogP) is 1.13. The minimum Gasteiger partial charge on any atom is -0.308 e. The van der Waals surface area contributed by atoms with Gasteiger partial charge in [-0.3, -0.25) is 14.8 Å². The van der Waals surface area contributed by atoms with Crippen LogP contribution in [0.4, 0.5) is 11.5 Å². The first-order valence-corrected chi connectivity index (χ1v) is 6.43. The zero-order valence-electron chi connectivity index (χ0n) is 10.1. The van der Waals surface area contributed by atoms with Gasteiger partial charge in [0.15, 0.2) is 11.6 Å². The van der Waals surface area contributed by atoms with Gasteiger partial charge in [0.25, 0.3) is 0 Å². The molecule has 10 heteroatoms. The summed E-state index contributed by atoms with van der Waals surface area (Å²) in [6.45, 7) is 0.232. The average Bonchev–Trinajstić information content (AvgIpc) is 3.06. The summed E-state index contributed by atoms with van der Waals surface area (Å²) in [6.07, 6.45) is 2.52. The first kappa shape index (κ1) is 12.4. The van der Waals surface area contributed by atoms with Gasteiger partial charge in [0.1, 0.15) is 23.8 Å². The van der Waals surface area contributed by atoms with Crippen molar-refractivity contribution in [1.29, 1.82) is 0 Å². The van der Waals surface area contributed by atoms with Crippen LogP contribution in [0.25, 0.3) is 10.2 Å². The van der Waals surface area contributed by atoms with Crippen LogP contribution < -0.4 is 11.3 Å². The van der Waals surface area contributed by atoms with Crippen molar-refractivity contribution in [2.75, 3.05) is 5.43 Å². The summed E-state index contributed by atoms with van der Waals surface area (Å²) in [5.74, 6) is 6.43. The third-order valence-electron chi connectivity index (χ3n) is 2.64. The van der Waals surface area contributed by atoms with E-state index < -0.39 is 4.92 Å². The molecule has 0 aliphatic rings. The molecule has 3 rings (SSSR count). The van der Waals surface area contributed by atoms with Gasteiger partial charge in [0.05, 0.1) is 10.3 Å². The van der Waals surface area contributed by atoms with Crippen LogP contribution in [0.1, 0.15) is 5.82 Å². The lowest BCUT2D eigenvalue weighted by molar-refractivity contribution is -0.385. The fraction of sp³-hybridized carbons (Fsp3) is 0.100. The van der Waals surface area contributed by atoms with Gasteiger partial charge >= 0.3 is 5.69 Å². The number of nitrogens with zero attached hydrogens (tertiary/aromatic N) is 5. The van der Waals surface area contributed by atoms with E-state index in [2.05, 4.69) is 20.5 Å². The van der Waals surface area contributed by atoms with E-state index in [1.54, 1.807) is 0 Å². The molecule has 0 spiro atoms. The molecule has 0 fully saturated rings. The Bertz CT molecular complexity index is 781. The number of rotatable bonds is 4. The third kappa shape index (κ3) is 2.17. The summed E-state index contributed by atoms with van der Waals surface area (Å²) in [4.78, 5) is 19.5. The Labute approximate surface area is 116 Å². The SMILES string of the molecule is NNc1nc(Cn2cc([N+](=O)[O-])cn2)nc2sccc12.